The lowest BCUT2D eigenvalue weighted by Gasteiger charge is -2.15. The minimum Gasteiger partial charge on any atom is -0.356 e. The topological polar surface area (TPSA) is 66.5 Å². The van der Waals surface area contributed by atoms with E-state index in [1.54, 1.807) is 27.8 Å². The molecule has 1 fully saturated rings. The Balaban J connectivity index is 1.25. The predicted molar refractivity (Wildman–Crippen MR) is 121 cm³/mol. The number of hydrogen-bond donors (Lipinski definition) is 1. The van der Waals surface area contributed by atoms with Crippen molar-refractivity contribution in [3.63, 3.8) is 0 Å². The molecular weight excluding hydrogens is 416 g/mol. The van der Waals surface area contributed by atoms with Gasteiger partial charge in [0.05, 0.1) is 4.90 Å². The Labute approximate surface area is 181 Å². The molecule has 1 N–H and O–H groups in total. The van der Waals surface area contributed by atoms with Gasteiger partial charge in [-0.2, -0.15) is 4.31 Å². The molecule has 1 aliphatic rings. The molecule has 0 radical (unpaired) electrons. The molecule has 30 heavy (non-hydrogen) atoms. The number of sulfonamides is 1. The number of nitrogens with one attached hydrogen (secondary N) is 1. The van der Waals surface area contributed by atoms with Crippen molar-refractivity contribution in [3.8, 4) is 0 Å². The van der Waals surface area contributed by atoms with E-state index in [2.05, 4.69) is 22.8 Å². The second-order valence-electron chi connectivity index (χ2n) is 7.61. The van der Waals surface area contributed by atoms with Crippen molar-refractivity contribution >= 4 is 37.4 Å². The van der Waals surface area contributed by atoms with E-state index in [9.17, 15) is 13.2 Å². The Bertz CT molecular complexity index is 1110. The molecule has 0 unspecified atom stereocenters. The number of hydrogen-bond acceptors (Lipinski definition) is 4. The van der Waals surface area contributed by atoms with Crippen LogP contribution < -0.4 is 5.32 Å². The van der Waals surface area contributed by atoms with Crippen LogP contribution in [-0.2, 0) is 27.7 Å². The first-order valence-corrected chi connectivity index (χ1v) is 12.7. The molecule has 2 aromatic carbocycles. The second kappa shape index (κ2) is 9.29. The summed E-state index contributed by atoms with van der Waals surface area (Å²) in [5, 5.41) is 6.42. The summed E-state index contributed by atoms with van der Waals surface area (Å²) in [6.45, 7) is 1.82. The zero-order valence-corrected chi connectivity index (χ0v) is 18.5. The second-order valence-corrected chi connectivity index (χ2v) is 10.5. The normalized spacial score (nSPS) is 14.9. The van der Waals surface area contributed by atoms with Crippen LogP contribution >= 0.6 is 11.3 Å². The molecule has 4 rings (SSSR count). The summed E-state index contributed by atoms with van der Waals surface area (Å²) in [5.41, 5.74) is 2.24. The molecule has 1 aliphatic heterocycles. The molecule has 0 saturated carbocycles. The lowest BCUT2D eigenvalue weighted by atomic mass is 10.1. The van der Waals surface area contributed by atoms with Crippen LogP contribution in [0.2, 0.25) is 0 Å². The Morgan fingerprint density at radius 1 is 1.00 bits per heavy atom. The van der Waals surface area contributed by atoms with Crippen LogP contribution in [0.3, 0.4) is 0 Å². The molecule has 158 valence electrons. The van der Waals surface area contributed by atoms with Gasteiger partial charge in [-0.05, 0) is 65.8 Å². The minimum atomic E-state index is -3.38. The van der Waals surface area contributed by atoms with Gasteiger partial charge in [0.25, 0.3) is 0 Å². The lowest BCUT2D eigenvalue weighted by Crippen LogP contribution is -2.27. The number of aryl methyl sites for hydroxylation is 1. The monoisotopic (exact) mass is 442 g/mol. The number of carbonyl (C=O) groups is 1. The molecule has 0 aliphatic carbocycles. The van der Waals surface area contributed by atoms with Gasteiger partial charge in [0, 0.05) is 30.8 Å². The van der Waals surface area contributed by atoms with Crippen molar-refractivity contribution in [1.82, 2.24) is 9.62 Å². The molecule has 5 nitrogen and oxygen atoms in total. The quantitative estimate of drug-likeness (QED) is 0.574. The summed E-state index contributed by atoms with van der Waals surface area (Å²) in [4.78, 5) is 12.5. The molecule has 7 heteroatoms. The van der Waals surface area contributed by atoms with E-state index >= 15 is 0 Å². The predicted octanol–water partition coefficient (Wildman–Crippen LogP) is 3.98. The maximum atomic E-state index is 12.6. The third-order valence-electron chi connectivity index (χ3n) is 5.54. The number of rotatable bonds is 8. The van der Waals surface area contributed by atoms with Gasteiger partial charge in [0.15, 0.2) is 0 Å². The summed E-state index contributed by atoms with van der Waals surface area (Å²) in [7, 11) is -3.38. The first-order chi connectivity index (χ1) is 14.5. The van der Waals surface area contributed by atoms with Crippen LogP contribution in [0.4, 0.5) is 0 Å². The van der Waals surface area contributed by atoms with E-state index in [1.165, 1.54) is 15.6 Å². The van der Waals surface area contributed by atoms with Gasteiger partial charge in [-0.15, -0.1) is 11.3 Å². The third-order valence-corrected chi connectivity index (χ3v) is 8.47. The molecular formula is C23H26N2O3S2. The summed E-state index contributed by atoms with van der Waals surface area (Å²) in [6.07, 6.45) is 3.66. The van der Waals surface area contributed by atoms with E-state index < -0.39 is 10.0 Å². The smallest absolute Gasteiger partial charge is 0.243 e. The minimum absolute atomic E-state index is 0.0169. The lowest BCUT2D eigenvalue weighted by molar-refractivity contribution is -0.121. The number of fused-ring (bicyclic) bond motifs is 1. The van der Waals surface area contributed by atoms with Gasteiger partial charge >= 0.3 is 0 Å². The van der Waals surface area contributed by atoms with Crippen LogP contribution in [0, 0.1) is 0 Å². The molecule has 3 aromatic rings. The fraction of sp³-hybridized carbons (Fsp3) is 0.348. The van der Waals surface area contributed by atoms with Crippen molar-refractivity contribution in [2.24, 2.45) is 0 Å². The number of carbonyl (C=O) groups excluding carboxylic acids is 1. The first-order valence-electron chi connectivity index (χ1n) is 10.3. The number of nitrogens with zero attached hydrogens (tertiary/aromatic N) is 1. The van der Waals surface area contributed by atoms with Crippen LogP contribution in [-0.4, -0.2) is 38.3 Å². The van der Waals surface area contributed by atoms with E-state index in [1.807, 2.05) is 24.3 Å². The van der Waals surface area contributed by atoms with Crippen molar-refractivity contribution in [1.29, 1.82) is 0 Å². The molecule has 1 aromatic heterocycles. The van der Waals surface area contributed by atoms with Crippen LogP contribution in [0.1, 0.15) is 30.4 Å². The third kappa shape index (κ3) is 4.74. The molecule has 0 atom stereocenters. The number of thiophene rings is 1. The first kappa shape index (κ1) is 21.0. The van der Waals surface area contributed by atoms with Crippen LogP contribution in [0.25, 0.3) is 10.1 Å². The van der Waals surface area contributed by atoms with Gasteiger partial charge in [0.1, 0.15) is 0 Å². The largest absolute Gasteiger partial charge is 0.356 e. The summed E-state index contributed by atoms with van der Waals surface area (Å²) >= 11 is 1.73. The van der Waals surface area contributed by atoms with Crippen molar-refractivity contribution in [2.45, 2.75) is 37.0 Å². The Kier molecular flexibility index (Phi) is 6.51. The van der Waals surface area contributed by atoms with Gasteiger partial charge in [-0.3, -0.25) is 4.79 Å². The van der Waals surface area contributed by atoms with E-state index in [0.717, 1.165) is 24.8 Å². The van der Waals surface area contributed by atoms with E-state index in [-0.39, 0.29) is 5.91 Å². The number of amides is 1. The van der Waals surface area contributed by atoms with Gasteiger partial charge in [0.2, 0.25) is 15.9 Å². The van der Waals surface area contributed by atoms with Crippen LogP contribution in [0.15, 0.2) is 58.8 Å². The van der Waals surface area contributed by atoms with Gasteiger partial charge in [-0.25, -0.2) is 8.42 Å². The molecule has 2 heterocycles. The highest BCUT2D eigenvalue weighted by Crippen LogP contribution is 2.25. The maximum absolute atomic E-state index is 12.6. The van der Waals surface area contributed by atoms with Crippen molar-refractivity contribution < 1.29 is 13.2 Å². The molecule has 0 bridgehead atoms. The van der Waals surface area contributed by atoms with Crippen molar-refractivity contribution in [2.75, 3.05) is 19.6 Å². The Hall–Kier alpha value is -2.22. The summed E-state index contributed by atoms with van der Waals surface area (Å²) < 4.78 is 28.0. The Morgan fingerprint density at radius 2 is 1.73 bits per heavy atom. The molecule has 0 spiro atoms. The highest BCUT2D eigenvalue weighted by Gasteiger charge is 2.26. The van der Waals surface area contributed by atoms with E-state index in [0.29, 0.717) is 37.4 Å². The summed E-state index contributed by atoms with van der Waals surface area (Å²) in [5.74, 6) is 0.0169. The average Bonchev–Trinajstić information content (AvgIpc) is 3.44. The number of benzene rings is 2. The SMILES string of the molecule is O=C(CCc1ccc(S(=O)(=O)N2CCCC2)cc1)NCCc1csc2ccccc12. The molecule has 1 saturated heterocycles. The fourth-order valence-corrected chi connectivity index (χ4v) is 6.33. The van der Waals surface area contributed by atoms with Crippen molar-refractivity contribution in [3.05, 3.63) is 65.0 Å². The maximum Gasteiger partial charge on any atom is 0.243 e. The van der Waals surface area contributed by atoms with Gasteiger partial charge in [-0.1, -0.05) is 30.3 Å². The zero-order valence-electron chi connectivity index (χ0n) is 16.8. The average molecular weight is 443 g/mol. The Morgan fingerprint density at radius 3 is 2.50 bits per heavy atom. The highest BCUT2D eigenvalue weighted by atomic mass is 32.2. The zero-order chi connectivity index (χ0) is 21.0. The standard InChI is InChI=1S/C23H26N2O3S2/c26-23(24-14-13-19-17-29-22-6-2-1-5-21(19)22)12-9-18-7-10-20(11-8-18)30(27,28)25-15-3-4-16-25/h1-2,5-8,10-11,17H,3-4,9,12-16H2,(H,24,26). The van der Waals surface area contributed by atoms with E-state index in [4.69, 9.17) is 0 Å². The molecule has 1 amide bonds. The van der Waals surface area contributed by atoms with Crippen LogP contribution in [0.5, 0.6) is 0 Å². The van der Waals surface area contributed by atoms with Gasteiger partial charge < -0.3 is 5.32 Å². The summed E-state index contributed by atoms with van der Waals surface area (Å²) in [6, 6.07) is 15.3. The highest BCUT2D eigenvalue weighted by molar-refractivity contribution is 7.89. The fourth-order valence-electron chi connectivity index (χ4n) is 3.81.